The minimum atomic E-state index is -0.235. The fourth-order valence-corrected chi connectivity index (χ4v) is 4.37. The molecule has 0 aliphatic carbocycles. The maximum atomic E-state index is 12.8. The van der Waals surface area contributed by atoms with E-state index in [9.17, 15) is 9.18 Å². The van der Waals surface area contributed by atoms with Gasteiger partial charge in [-0.1, -0.05) is 27.3 Å². The van der Waals surface area contributed by atoms with Crippen molar-refractivity contribution in [2.75, 3.05) is 11.1 Å². The monoisotopic (exact) mass is 424 g/mol. The number of amides is 1. The van der Waals surface area contributed by atoms with Crippen molar-refractivity contribution in [2.24, 2.45) is 0 Å². The fourth-order valence-electron chi connectivity index (χ4n) is 2.09. The SMILES string of the molecule is O=C(CCCSc1ccc(F)cc1)Nc1nc2ccc(Br)cc2s1. The van der Waals surface area contributed by atoms with E-state index in [2.05, 4.69) is 26.2 Å². The summed E-state index contributed by atoms with van der Waals surface area (Å²) < 4.78 is 14.8. The lowest BCUT2D eigenvalue weighted by atomic mass is 10.3. The topological polar surface area (TPSA) is 42.0 Å². The van der Waals surface area contributed by atoms with Crippen molar-refractivity contribution >= 4 is 60.3 Å². The Balaban J connectivity index is 1.45. The maximum Gasteiger partial charge on any atom is 0.226 e. The number of thioether (sulfide) groups is 1. The summed E-state index contributed by atoms with van der Waals surface area (Å²) >= 11 is 6.51. The zero-order valence-electron chi connectivity index (χ0n) is 12.6. The van der Waals surface area contributed by atoms with Gasteiger partial charge in [-0.15, -0.1) is 11.8 Å². The van der Waals surface area contributed by atoms with Crippen LogP contribution in [0.2, 0.25) is 0 Å². The summed E-state index contributed by atoms with van der Waals surface area (Å²) in [6.07, 6.45) is 1.19. The molecule has 0 radical (unpaired) electrons. The highest BCUT2D eigenvalue weighted by Gasteiger charge is 2.08. The summed E-state index contributed by atoms with van der Waals surface area (Å²) in [5.74, 6) is 0.542. The summed E-state index contributed by atoms with van der Waals surface area (Å²) in [7, 11) is 0. The first-order chi connectivity index (χ1) is 11.6. The second-order valence-electron chi connectivity index (χ2n) is 5.09. The van der Waals surface area contributed by atoms with Crippen LogP contribution in [-0.2, 0) is 4.79 Å². The van der Waals surface area contributed by atoms with Gasteiger partial charge in [0, 0.05) is 15.8 Å². The summed E-state index contributed by atoms with van der Waals surface area (Å²) in [4.78, 5) is 17.4. The Labute approximate surface area is 155 Å². The molecule has 3 nitrogen and oxygen atoms in total. The number of hydrogen-bond acceptors (Lipinski definition) is 4. The molecule has 0 fully saturated rings. The van der Waals surface area contributed by atoms with Crippen LogP contribution in [0.15, 0.2) is 51.8 Å². The number of rotatable bonds is 6. The Kier molecular flexibility index (Phi) is 5.86. The highest BCUT2D eigenvalue weighted by molar-refractivity contribution is 9.10. The summed E-state index contributed by atoms with van der Waals surface area (Å²) in [5, 5.41) is 3.48. The Morgan fingerprint density at radius 3 is 2.83 bits per heavy atom. The van der Waals surface area contributed by atoms with Crippen molar-refractivity contribution in [1.29, 1.82) is 0 Å². The Morgan fingerprint density at radius 2 is 2.04 bits per heavy atom. The molecule has 1 N–H and O–H groups in total. The van der Waals surface area contributed by atoms with Crippen LogP contribution in [0.5, 0.6) is 0 Å². The van der Waals surface area contributed by atoms with Gasteiger partial charge in [0.1, 0.15) is 5.82 Å². The van der Waals surface area contributed by atoms with Crippen molar-refractivity contribution < 1.29 is 9.18 Å². The van der Waals surface area contributed by atoms with Gasteiger partial charge in [-0.05, 0) is 54.6 Å². The Morgan fingerprint density at radius 1 is 1.25 bits per heavy atom. The molecule has 1 aromatic heterocycles. The highest BCUT2D eigenvalue weighted by Crippen LogP contribution is 2.28. The molecule has 3 aromatic rings. The molecule has 0 saturated heterocycles. The van der Waals surface area contributed by atoms with E-state index in [1.165, 1.54) is 23.5 Å². The van der Waals surface area contributed by atoms with Crippen LogP contribution in [0.25, 0.3) is 10.2 Å². The van der Waals surface area contributed by atoms with E-state index >= 15 is 0 Å². The Hall–Kier alpha value is -1.44. The third-order valence-corrected chi connectivity index (χ3v) is 5.75. The Bertz CT molecular complexity index is 851. The number of nitrogens with one attached hydrogen (secondary N) is 1. The number of thiazole rings is 1. The average Bonchev–Trinajstić information content (AvgIpc) is 2.94. The maximum absolute atomic E-state index is 12.8. The lowest BCUT2D eigenvalue weighted by molar-refractivity contribution is -0.116. The van der Waals surface area contributed by atoms with Gasteiger partial charge in [-0.25, -0.2) is 9.37 Å². The van der Waals surface area contributed by atoms with Gasteiger partial charge in [-0.2, -0.15) is 0 Å². The molecule has 124 valence electrons. The van der Waals surface area contributed by atoms with Gasteiger partial charge in [0.15, 0.2) is 5.13 Å². The van der Waals surface area contributed by atoms with Crippen LogP contribution in [0.1, 0.15) is 12.8 Å². The summed E-state index contributed by atoms with van der Waals surface area (Å²) in [6.45, 7) is 0. The second kappa shape index (κ2) is 8.09. The molecule has 0 bridgehead atoms. The molecule has 0 spiro atoms. The molecular formula is C17H14BrFN2OS2. The number of halogens is 2. The quantitative estimate of drug-likeness (QED) is 0.406. The second-order valence-corrected chi connectivity index (χ2v) is 8.20. The average molecular weight is 425 g/mol. The number of aromatic nitrogens is 1. The van der Waals surface area contributed by atoms with Crippen molar-refractivity contribution in [3.8, 4) is 0 Å². The molecule has 24 heavy (non-hydrogen) atoms. The first kappa shape index (κ1) is 17.4. The molecule has 1 heterocycles. The van der Waals surface area contributed by atoms with E-state index in [4.69, 9.17) is 0 Å². The predicted octanol–water partition coefficient (Wildman–Crippen LogP) is 5.71. The molecule has 2 aromatic carbocycles. The van der Waals surface area contributed by atoms with Crippen LogP contribution < -0.4 is 5.32 Å². The molecule has 0 unspecified atom stereocenters. The minimum Gasteiger partial charge on any atom is -0.302 e. The van der Waals surface area contributed by atoms with Crippen LogP contribution in [0.3, 0.4) is 0 Å². The fraction of sp³-hybridized carbons (Fsp3) is 0.176. The van der Waals surface area contributed by atoms with Crippen LogP contribution in [0.4, 0.5) is 9.52 Å². The molecular weight excluding hydrogens is 411 g/mol. The first-order valence-corrected chi connectivity index (χ1v) is 9.94. The largest absolute Gasteiger partial charge is 0.302 e. The molecule has 1 amide bonds. The molecule has 3 rings (SSSR count). The lowest BCUT2D eigenvalue weighted by Crippen LogP contribution is -2.11. The minimum absolute atomic E-state index is 0.0344. The molecule has 0 atom stereocenters. The van der Waals surface area contributed by atoms with Gasteiger partial charge in [0.2, 0.25) is 5.91 Å². The lowest BCUT2D eigenvalue weighted by Gasteiger charge is -2.02. The van der Waals surface area contributed by atoms with Gasteiger partial charge >= 0.3 is 0 Å². The number of benzene rings is 2. The van der Waals surface area contributed by atoms with Gasteiger partial charge in [0.25, 0.3) is 0 Å². The molecule has 0 aliphatic rings. The van der Waals surface area contributed by atoms with Gasteiger partial charge < -0.3 is 5.32 Å². The third-order valence-electron chi connectivity index (χ3n) is 3.23. The summed E-state index contributed by atoms with van der Waals surface area (Å²) in [5.41, 5.74) is 0.880. The number of nitrogens with zero attached hydrogens (tertiary/aromatic N) is 1. The van der Waals surface area contributed by atoms with Crippen LogP contribution in [0, 0.1) is 5.82 Å². The zero-order chi connectivity index (χ0) is 16.9. The number of carbonyl (C=O) groups excluding carboxylic acids is 1. The van der Waals surface area contributed by atoms with Gasteiger partial charge in [-0.3, -0.25) is 4.79 Å². The van der Waals surface area contributed by atoms with Crippen molar-refractivity contribution in [3.05, 3.63) is 52.8 Å². The van der Waals surface area contributed by atoms with Gasteiger partial charge in [0.05, 0.1) is 10.2 Å². The van der Waals surface area contributed by atoms with Crippen LogP contribution >= 0.6 is 39.0 Å². The van der Waals surface area contributed by atoms with E-state index in [-0.39, 0.29) is 11.7 Å². The predicted molar refractivity (Wildman–Crippen MR) is 102 cm³/mol. The van der Waals surface area contributed by atoms with Crippen LogP contribution in [-0.4, -0.2) is 16.6 Å². The molecule has 0 saturated carbocycles. The van der Waals surface area contributed by atoms with E-state index in [0.717, 1.165) is 31.8 Å². The van der Waals surface area contributed by atoms with Crippen molar-refractivity contribution in [2.45, 2.75) is 17.7 Å². The molecule has 0 aliphatic heterocycles. The smallest absolute Gasteiger partial charge is 0.226 e. The molecule has 7 heteroatoms. The van der Waals surface area contributed by atoms with Crippen molar-refractivity contribution in [3.63, 3.8) is 0 Å². The van der Waals surface area contributed by atoms with E-state index in [0.29, 0.717) is 11.6 Å². The van der Waals surface area contributed by atoms with Crippen molar-refractivity contribution in [1.82, 2.24) is 4.98 Å². The number of fused-ring (bicyclic) bond motifs is 1. The zero-order valence-corrected chi connectivity index (χ0v) is 15.8. The number of anilines is 1. The summed E-state index contributed by atoms with van der Waals surface area (Å²) in [6, 6.07) is 12.2. The highest BCUT2D eigenvalue weighted by atomic mass is 79.9. The standard InChI is InChI=1S/C17H14BrFN2OS2/c18-11-3-8-14-15(10-11)24-17(20-14)21-16(22)2-1-9-23-13-6-4-12(19)5-7-13/h3-8,10H,1-2,9H2,(H,20,21,22). The van der Waals surface area contributed by atoms with E-state index in [1.807, 2.05) is 18.2 Å². The number of hydrogen-bond donors (Lipinski definition) is 1. The van der Waals surface area contributed by atoms with E-state index < -0.39 is 0 Å². The first-order valence-electron chi connectivity index (χ1n) is 7.34. The van der Waals surface area contributed by atoms with E-state index in [1.54, 1.807) is 23.9 Å². The number of carbonyl (C=O) groups is 1. The third kappa shape index (κ3) is 4.78. The normalized spacial score (nSPS) is 10.9.